The number of carbonyl (C=O) groups is 1. The number of halogens is 1. The van der Waals surface area contributed by atoms with E-state index in [0.29, 0.717) is 34.7 Å². The van der Waals surface area contributed by atoms with E-state index in [-0.39, 0.29) is 18.2 Å². The van der Waals surface area contributed by atoms with Gasteiger partial charge in [-0.15, -0.1) is 0 Å². The molecular weight excluding hydrogens is 418 g/mol. The third-order valence-electron chi connectivity index (χ3n) is 3.60. The van der Waals surface area contributed by atoms with Crippen molar-refractivity contribution < 1.29 is 19.2 Å². The molecule has 0 aromatic heterocycles. The minimum atomic E-state index is -0.439. The van der Waals surface area contributed by atoms with Crippen molar-refractivity contribution in [3.8, 4) is 11.5 Å². The molecule has 0 aliphatic rings. The van der Waals surface area contributed by atoms with Crippen molar-refractivity contribution in [1.82, 2.24) is 5.32 Å². The normalized spacial score (nSPS) is 10.2. The van der Waals surface area contributed by atoms with Crippen LogP contribution in [-0.2, 0) is 11.3 Å². The number of ether oxygens (including phenoxy) is 2. The summed E-state index contributed by atoms with van der Waals surface area (Å²) in [7, 11) is 1.51. The van der Waals surface area contributed by atoms with Gasteiger partial charge >= 0.3 is 0 Å². The molecule has 27 heavy (non-hydrogen) atoms. The Morgan fingerprint density at radius 2 is 2.00 bits per heavy atom. The predicted octanol–water partition coefficient (Wildman–Crippen LogP) is 3.49. The molecule has 0 fully saturated rings. The average molecular weight is 438 g/mol. The first-order chi connectivity index (χ1) is 12.9. The van der Waals surface area contributed by atoms with Crippen LogP contribution in [0.2, 0.25) is 0 Å². The molecule has 0 unspecified atom stereocenters. The summed E-state index contributed by atoms with van der Waals surface area (Å²) >= 11 is 3.23. The Morgan fingerprint density at radius 1 is 1.22 bits per heavy atom. The van der Waals surface area contributed by atoms with Gasteiger partial charge in [0.15, 0.2) is 18.1 Å². The molecule has 0 spiro atoms. The highest BCUT2D eigenvalue weighted by Crippen LogP contribution is 2.30. The molecule has 0 heterocycles. The van der Waals surface area contributed by atoms with Crippen LogP contribution in [0.3, 0.4) is 0 Å². The van der Waals surface area contributed by atoms with E-state index in [9.17, 15) is 14.9 Å². The number of nitrogens with one attached hydrogen (secondary N) is 2. The van der Waals surface area contributed by atoms with Gasteiger partial charge in [-0.2, -0.15) is 0 Å². The summed E-state index contributed by atoms with van der Waals surface area (Å²) in [4.78, 5) is 22.2. The van der Waals surface area contributed by atoms with Crippen molar-refractivity contribution in [2.24, 2.45) is 0 Å². The lowest BCUT2D eigenvalue weighted by Crippen LogP contribution is -2.28. The van der Waals surface area contributed by atoms with Gasteiger partial charge in [-0.3, -0.25) is 14.9 Å². The highest BCUT2D eigenvalue weighted by Gasteiger charge is 2.14. The number of benzene rings is 2. The number of likely N-dealkylation sites (N-methyl/N-ethyl adjacent to an activating group) is 1. The SMILES string of the molecule is CCNC(=O)COc1ccc(CNc2ccc(Br)cc2[N+](=O)[O-])cc1OC. The Morgan fingerprint density at radius 3 is 2.67 bits per heavy atom. The highest BCUT2D eigenvalue weighted by atomic mass is 79.9. The zero-order valence-electron chi connectivity index (χ0n) is 15.0. The number of nitro benzene ring substituents is 1. The molecule has 2 N–H and O–H groups in total. The number of amides is 1. The Labute approximate surface area is 165 Å². The number of carbonyl (C=O) groups excluding carboxylic acids is 1. The van der Waals surface area contributed by atoms with Crippen molar-refractivity contribution in [3.05, 3.63) is 56.5 Å². The lowest BCUT2D eigenvalue weighted by Gasteiger charge is -2.13. The first-order valence-corrected chi connectivity index (χ1v) is 8.98. The standard InChI is InChI=1S/C18H20BrN3O5/c1-3-20-18(23)11-27-16-7-4-12(8-17(16)26-2)10-21-14-6-5-13(19)9-15(14)22(24)25/h4-9,21H,3,10-11H2,1-2H3,(H,20,23). The smallest absolute Gasteiger partial charge is 0.293 e. The molecule has 0 atom stereocenters. The molecule has 2 rings (SSSR count). The van der Waals surface area contributed by atoms with E-state index in [1.54, 1.807) is 30.3 Å². The molecule has 2 aromatic carbocycles. The molecule has 144 valence electrons. The van der Waals surface area contributed by atoms with Gasteiger partial charge in [0.25, 0.3) is 11.6 Å². The van der Waals surface area contributed by atoms with Gasteiger partial charge in [0, 0.05) is 23.6 Å². The third kappa shape index (κ3) is 5.85. The average Bonchev–Trinajstić information content (AvgIpc) is 2.65. The summed E-state index contributed by atoms with van der Waals surface area (Å²) in [6.07, 6.45) is 0. The van der Waals surface area contributed by atoms with Gasteiger partial charge in [-0.25, -0.2) is 0 Å². The van der Waals surface area contributed by atoms with Crippen LogP contribution < -0.4 is 20.1 Å². The fourth-order valence-electron chi connectivity index (χ4n) is 2.34. The van der Waals surface area contributed by atoms with Crippen LogP contribution in [0, 0.1) is 10.1 Å². The van der Waals surface area contributed by atoms with Crippen molar-refractivity contribution >= 4 is 33.2 Å². The Balaban J connectivity index is 2.08. The number of rotatable bonds is 9. The van der Waals surface area contributed by atoms with Gasteiger partial charge < -0.3 is 20.1 Å². The molecule has 0 radical (unpaired) electrons. The van der Waals surface area contributed by atoms with Gasteiger partial charge in [0.2, 0.25) is 0 Å². The number of hydrogen-bond acceptors (Lipinski definition) is 6. The second-order valence-corrected chi connectivity index (χ2v) is 6.42. The monoisotopic (exact) mass is 437 g/mol. The number of anilines is 1. The molecule has 9 heteroatoms. The molecule has 0 saturated heterocycles. The van der Waals surface area contributed by atoms with Crippen molar-refractivity contribution in [2.75, 3.05) is 25.6 Å². The second-order valence-electron chi connectivity index (χ2n) is 5.50. The van der Waals surface area contributed by atoms with E-state index in [1.807, 2.05) is 6.92 Å². The van der Waals surface area contributed by atoms with Crippen LogP contribution in [0.5, 0.6) is 11.5 Å². The Bertz CT molecular complexity index is 829. The lowest BCUT2D eigenvalue weighted by molar-refractivity contribution is -0.384. The van der Waals surface area contributed by atoms with Gasteiger partial charge in [-0.1, -0.05) is 22.0 Å². The van der Waals surface area contributed by atoms with Gasteiger partial charge in [-0.05, 0) is 36.8 Å². The van der Waals surface area contributed by atoms with E-state index in [1.165, 1.54) is 13.2 Å². The van der Waals surface area contributed by atoms with Crippen LogP contribution in [0.25, 0.3) is 0 Å². The number of nitrogens with zero attached hydrogens (tertiary/aromatic N) is 1. The summed E-state index contributed by atoms with van der Waals surface area (Å²) in [6.45, 7) is 2.62. The van der Waals surface area contributed by atoms with E-state index in [4.69, 9.17) is 9.47 Å². The minimum Gasteiger partial charge on any atom is -0.493 e. The van der Waals surface area contributed by atoms with E-state index in [0.717, 1.165) is 5.56 Å². The van der Waals surface area contributed by atoms with Crippen LogP contribution in [0.15, 0.2) is 40.9 Å². The quantitative estimate of drug-likeness (QED) is 0.459. The van der Waals surface area contributed by atoms with Crippen LogP contribution in [0.4, 0.5) is 11.4 Å². The first kappa shape index (κ1) is 20.5. The fraction of sp³-hybridized carbons (Fsp3) is 0.278. The van der Waals surface area contributed by atoms with Gasteiger partial charge in [0.05, 0.1) is 12.0 Å². The topological polar surface area (TPSA) is 103 Å². The summed E-state index contributed by atoms with van der Waals surface area (Å²) in [6, 6.07) is 10.1. The van der Waals surface area contributed by atoms with Crippen LogP contribution in [0.1, 0.15) is 12.5 Å². The summed E-state index contributed by atoms with van der Waals surface area (Å²) < 4.78 is 11.4. The van der Waals surface area contributed by atoms with Crippen molar-refractivity contribution in [1.29, 1.82) is 0 Å². The van der Waals surface area contributed by atoms with E-state index < -0.39 is 4.92 Å². The molecule has 8 nitrogen and oxygen atoms in total. The van der Waals surface area contributed by atoms with Crippen molar-refractivity contribution in [2.45, 2.75) is 13.5 Å². The summed E-state index contributed by atoms with van der Waals surface area (Å²) in [5, 5.41) is 16.9. The van der Waals surface area contributed by atoms with E-state index in [2.05, 4.69) is 26.6 Å². The largest absolute Gasteiger partial charge is 0.493 e. The van der Waals surface area contributed by atoms with Crippen LogP contribution >= 0.6 is 15.9 Å². The number of hydrogen-bond donors (Lipinski definition) is 2. The molecule has 0 saturated carbocycles. The number of methoxy groups -OCH3 is 1. The minimum absolute atomic E-state index is 0.0155. The maximum Gasteiger partial charge on any atom is 0.293 e. The molecule has 2 aromatic rings. The summed E-state index contributed by atoms with van der Waals surface area (Å²) in [5.41, 5.74) is 1.24. The van der Waals surface area contributed by atoms with Crippen molar-refractivity contribution in [3.63, 3.8) is 0 Å². The van der Waals surface area contributed by atoms with Crippen LogP contribution in [-0.4, -0.2) is 31.1 Å². The molecular formula is C18H20BrN3O5. The number of nitro groups is 1. The highest BCUT2D eigenvalue weighted by molar-refractivity contribution is 9.10. The first-order valence-electron chi connectivity index (χ1n) is 8.18. The third-order valence-corrected chi connectivity index (χ3v) is 4.09. The van der Waals surface area contributed by atoms with Gasteiger partial charge in [0.1, 0.15) is 5.69 Å². The predicted molar refractivity (Wildman–Crippen MR) is 105 cm³/mol. The zero-order valence-corrected chi connectivity index (χ0v) is 16.5. The molecule has 0 aliphatic heterocycles. The Hall–Kier alpha value is -2.81. The summed E-state index contributed by atoms with van der Waals surface area (Å²) in [5.74, 6) is 0.707. The fourth-order valence-corrected chi connectivity index (χ4v) is 2.68. The zero-order chi connectivity index (χ0) is 19.8. The van der Waals surface area contributed by atoms with E-state index >= 15 is 0 Å². The molecule has 0 aliphatic carbocycles. The Kier molecular flexibility index (Phi) is 7.42. The molecule has 1 amide bonds. The molecule has 0 bridgehead atoms. The second kappa shape index (κ2) is 9.77. The lowest BCUT2D eigenvalue weighted by atomic mass is 10.2. The maximum absolute atomic E-state index is 11.5. The maximum atomic E-state index is 11.5.